The Morgan fingerprint density at radius 3 is 1.37 bits per heavy atom. The first kappa shape index (κ1) is 15.0. The lowest BCUT2D eigenvalue weighted by Crippen LogP contribution is -2.25. The van der Waals surface area contributed by atoms with Crippen molar-refractivity contribution in [3.05, 3.63) is 29.3 Å². The minimum atomic E-state index is -5.27. The third-order valence-corrected chi connectivity index (χ3v) is 1.99. The highest BCUT2D eigenvalue weighted by atomic mass is 19.4. The molecule has 0 aromatic heterocycles. The second-order valence-electron chi connectivity index (χ2n) is 3.50. The third kappa shape index (κ3) is 3.46. The van der Waals surface area contributed by atoms with Gasteiger partial charge in [0.05, 0.1) is 0 Å². The van der Waals surface area contributed by atoms with Crippen LogP contribution in [0.4, 0.5) is 32.0 Å². The minimum absolute atomic E-state index is 0.210. The Balaban J connectivity index is 3.30. The molecular formula is C10H5F6NO2. The van der Waals surface area contributed by atoms with Gasteiger partial charge in [0.2, 0.25) is 0 Å². The zero-order chi connectivity index (χ0) is 15.0. The largest absolute Gasteiger partial charge is 0.454 e. The molecule has 0 fully saturated rings. The van der Waals surface area contributed by atoms with E-state index in [2.05, 4.69) is 0 Å². The number of hydrogen-bond donors (Lipinski definition) is 1. The molecule has 0 aliphatic rings. The molecule has 0 unspecified atom stereocenters. The molecule has 0 bridgehead atoms. The molecule has 0 aliphatic carbocycles. The van der Waals surface area contributed by atoms with Crippen molar-refractivity contribution >= 4 is 17.3 Å². The number of ketones is 2. The van der Waals surface area contributed by atoms with Crippen molar-refractivity contribution in [1.82, 2.24) is 0 Å². The predicted octanol–water partition coefficient (Wildman–Crippen LogP) is 2.76. The Hall–Kier alpha value is -2.06. The molecule has 19 heavy (non-hydrogen) atoms. The Bertz CT molecular complexity index is 488. The maximum absolute atomic E-state index is 12.1. The number of benzene rings is 1. The van der Waals surface area contributed by atoms with Crippen LogP contribution in [0.2, 0.25) is 0 Å². The first-order valence-electron chi connectivity index (χ1n) is 4.56. The zero-order valence-corrected chi connectivity index (χ0v) is 8.89. The van der Waals surface area contributed by atoms with Gasteiger partial charge in [-0.2, -0.15) is 26.3 Å². The van der Waals surface area contributed by atoms with Gasteiger partial charge < -0.3 is 5.73 Å². The van der Waals surface area contributed by atoms with E-state index in [0.717, 1.165) is 0 Å². The summed E-state index contributed by atoms with van der Waals surface area (Å²) in [7, 11) is 0. The number of rotatable bonds is 2. The summed E-state index contributed by atoms with van der Waals surface area (Å²) >= 11 is 0. The van der Waals surface area contributed by atoms with Crippen LogP contribution in [-0.4, -0.2) is 23.9 Å². The molecule has 1 rings (SSSR count). The van der Waals surface area contributed by atoms with Crippen LogP contribution in [-0.2, 0) is 0 Å². The zero-order valence-electron chi connectivity index (χ0n) is 8.89. The summed E-state index contributed by atoms with van der Waals surface area (Å²) < 4.78 is 72.8. The van der Waals surface area contributed by atoms with Gasteiger partial charge in [-0.15, -0.1) is 0 Å². The van der Waals surface area contributed by atoms with Gasteiger partial charge in [0.25, 0.3) is 11.6 Å². The van der Waals surface area contributed by atoms with Crippen molar-refractivity contribution in [3.8, 4) is 0 Å². The highest BCUT2D eigenvalue weighted by molar-refractivity contribution is 6.06. The quantitative estimate of drug-likeness (QED) is 0.516. The van der Waals surface area contributed by atoms with E-state index in [1.165, 1.54) is 0 Å². The number of anilines is 1. The Kier molecular flexibility index (Phi) is 3.60. The molecule has 0 aliphatic heterocycles. The number of halogens is 6. The molecule has 0 amide bonds. The van der Waals surface area contributed by atoms with Crippen LogP contribution < -0.4 is 5.73 Å². The molecule has 3 nitrogen and oxygen atoms in total. The maximum atomic E-state index is 12.1. The third-order valence-electron chi connectivity index (χ3n) is 1.99. The van der Waals surface area contributed by atoms with Crippen LogP contribution in [0.5, 0.6) is 0 Å². The number of carbonyl (C=O) groups excluding carboxylic acids is 2. The first-order valence-corrected chi connectivity index (χ1v) is 4.56. The number of nitrogens with two attached hydrogens (primary N) is 1. The molecule has 2 N–H and O–H groups in total. The van der Waals surface area contributed by atoms with Crippen molar-refractivity contribution < 1.29 is 35.9 Å². The van der Waals surface area contributed by atoms with Crippen LogP contribution >= 0.6 is 0 Å². The molecule has 1 aromatic carbocycles. The summed E-state index contributed by atoms with van der Waals surface area (Å²) in [6.07, 6.45) is -10.5. The summed E-state index contributed by atoms with van der Waals surface area (Å²) in [4.78, 5) is 21.7. The number of carbonyl (C=O) groups is 2. The molecular weight excluding hydrogens is 280 g/mol. The standard InChI is InChI=1S/C10H5F6NO2/c11-9(12,13)7(18)4-1-5(3-6(17)2-4)8(19)10(14,15)16/h1-3H,17H2. The van der Waals surface area contributed by atoms with E-state index in [-0.39, 0.29) is 6.07 Å². The van der Waals surface area contributed by atoms with Crippen molar-refractivity contribution in [2.24, 2.45) is 0 Å². The molecule has 0 spiro atoms. The van der Waals surface area contributed by atoms with Gasteiger partial charge in [0.15, 0.2) is 0 Å². The monoisotopic (exact) mass is 285 g/mol. The van der Waals surface area contributed by atoms with Crippen molar-refractivity contribution in [3.63, 3.8) is 0 Å². The number of hydrogen-bond acceptors (Lipinski definition) is 3. The highest BCUT2D eigenvalue weighted by Crippen LogP contribution is 2.27. The van der Waals surface area contributed by atoms with Crippen LogP contribution in [0.25, 0.3) is 0 Å². The summed E-state index contributed by atoms with van der Waals surface area (Å²) in [6.45, 7) is 0. The predicted molar refractivity (Wildman–Crippen MR) is 51.6 cm³/mol. The maximum Gasteiger partial charge on any atom is 0.454 e. The van der Waals surface area contributed by atoms with Crippen molar-refractivity contribution in [1.29, 1.82) is 0 Å². The van der Waals surface area contributed by atoms with Crippen molar-refractivity contribution in [2.45, 2.75) is 12.4 Å². The van der Waals surface area contributed by atoms with Gasteiger partial charge in [-0.05, 0) is 18.2 Å². The molecule has 0 radical (unpaired) electrons. The normalized spacial score (nSPS) is 12.3. The SMILES string of the molecule is Nc1cc(C(=O)C(F)(F)F)cc(C(=O)C(F)(F)F)c1. The Morgan fingerprint density at radius 1 is 0.789 bits per heavy atom. The smallest absolute Gasteiger partial charge is 0.399 e. The van der Waals surface area contributed by atoms with E-state index in [4.69, 9.17) is 5.73 Å². The second kappa shape index (κ2) is 4.56. The summed E-state index contributed by atoms with van der Waals surface area (Å²) in [6, 6.07) is 1.30. The number of alkyl halides is 6. The van der Waals surface area contributed by atoms with Crippen LogP contribution in [0.3, 0.4) is 0 Å². The van der Waals surface area contributed by atoms with Gasteiger partial charge in [-0.25, -0.2) is 0 Å². The van der Waals surface area contributed by atoms with Gasteiger partial charge in [-0.1, -0.05) is 0 Å². The Morgan fingerprint density at radius 2 is 1.11 bits per heavy atom. The van der Waals surface area contributed by atoms with Crippen LogP contribution in [0.15, 0.2) is 18.2 Å². The fraction of sp³-hybridized carbons (Fsp3) is 0.200. The molecule has 9 heteroatoms. The van der Waals surface area contributed by atoms with E-state index < -0.39 is 40.7 Å². The summed E-state index contributed by atoms with van der Waals surface area (Å²) in [5.41, 5.74) is 2.28. The van der Waals surface area contributed by atoms with E-state index >= 15 is 0 Å². The van der Waals surface area contributed by atoms with E-state index in [9.17, 15) is 35.9 Å². The minimum Gasteiger partial charge on any atom is -0.399 e. The fourth-order valence-electron chi connectivity index (χ4n) is 1.24. The van der Waals surface area contributed by atoms with E-state index in [1.807, 2.05) is 0 Å². The van der Waals surface area contributed by atoms with Crippen molar-refractivity contribution in [2.75, 3.05) is 5.73 Å². The average molecular weight is 285 g/mol. The molecule has 0 saturated carbocycles. The van der Waals surface area contributed by atoms with Crippen LogP contribution in [0.1, 0.15) is 20.7 Å². The van der Waals surface area contributed by atoms with Gasteiger partial charge in [-0.3, -0.25) is 9.59 Å². The molecule has 1 aromatic rings. The molecule has 0 heterocycles. The van der Waals surface area contributed by atoms with Gasteiger partial charge in [0.1, 0.15) is 0 Å². The molecule has 0 saturated heterocycles. The molecule has 104 valence electrons. The Labute approximate surface area is 102 Å². The highest BCUT2D eigenvalue weighted by Gasteiger charge is 2.42. The summed E-state index contributed by atoms with van der Waals surface area (Å²) in [5.74, 6) is -4.76. The lowest BCUT2D eigenvalue weighted by atomic mass is 10.0. The topological polar surface area (TPSA) is 60.2 Å². The van der Waals surface area contributed by atoms with E-state index in [0.29, 0.717) is 12.1 Å². The van der Waals surface area contributed by atoms with Gasteiger partial charge >= 0.3 is 12.4 Å². The van der Waals surface area contributed by atoms with E-state index in [1.54, 1.807) is 0 Å². The number of nitrogen functional groups attached to an aromatic ring is 1. The molecule has 0 atom stereocenters. The first-order chi connectivity index (χ1) is 8.43. The lowest BCUT2D eigenvalue weighted by Gasteiger charge is -2.09. The lowest BCUT2D eigenvalue weighted by molar-refractivity contribution is -0.0887. The van der Waals surface area contributed by atoms with Gasteiger partial charge in [0, 0.05) is 16.8 Å². The average Bonchev–Trinajstić information content (AvgIpc) is 2.23. The fourth-order valence-corrected chi connectivity index (χ4v) is 1.24. The summed E-state index contributed by atoms with van der Waals surface area (Å²) in [5, 5.41) is 0. The number of Topliss-reactive ketones (excluding diaryl/α,β-unsaturated/α-hetero) is 2. The van der Waals surface area contributed by atoms with Crippen LogP contribution in [0, 0.1) is 0 Å². The second-order valence-corrected chi connectivity index (χ2v) is 3.50.